The van der Waals surface area contributed by atoms with Crippen LogP contribution in [-0.4, -0.2) is 33.6 Å². The summed E-state index contributed by atoms with van der Waals surface area (Å²) in [5.74, 6) is -0.935. The van der Waals surface area contributed by atoms with E-state index in [4.69, 9.17) is 5.11 Å². The first kappa shape index (κ1) is 21.3. The van der Waals surface area contributed by atoms with Gasteiger partial charge in [-0.2, -0.15) is 0 Å². The summed E-state index contributed by atoms with van der Waals surface area (Å²) in [6, 6.07) is 0. The molecule has 3 heteroatoms. The van der Waals surface area contributed by atoms with E-state index in [2.05, 4.69) is 27.4 Å². The summed E-state index contributed by atoms with van der Waals surface area (Å²) < 4.78 is 0.721. The summed E-state index contributed by atoms with van der Waals surface area (Å²) in [4.78, 5) is 9.60. The summed E-state index contributed by atoms with van der Waals surface area (Å²) in [5, 5.41) is 7.89. The molecule has 0 fully saturated rings. The average molecular weight is 374 g/mol. The average Bonchev–Trinajstić information content (AvgIpc) is 2.39. The van der Waals surface area contributed by atoms with E-state index < -0.39 is 5.97 Å². The van der Waals surface area contributed by atoms with Crippen LogP contribution in [0.5, 0.6) is 0 Å². The molecule has 0 aromatic carbocycles. The second-order valence-corrected chi connectivity index (χ2v) is 8.26. The number of rotatable bonds is 9. The molecule has 19 heavy (non-hydrogen) atoms. The molecule has 0 spiro atoms. The molecule has 0 aliphatic heterocycles. The number of carbonyl (C=O) groups is 1. The molecule has 3 radical (unpaired) electrons. The minimum atomic E-state index is -0.935. The standard InChI is InChI=1S/C12H25.C4H6O2.Sn/c1-4-7-8-9-10-11-12(5-2)6-3;1-3(2)4(5)6;/h4-11H2,1-3H3;1H2,2H3,(H,5,6);. The Morgan fingerprint density at radius 1 is 1.11 bits per heavy atom. The molecule has 0 aliphatic rings. The summed E-state index contributed by atoms with van der Waals surface area (Å²) in [6.07, 6.45) is 11.4. The van der Waals surface area contributed by atoms with Crippen LogP contribution in [0.15, 0.2) is 12.2 Å². The maximum absolute atomic E-state index is 9.60. The van der Waals surface area contributed by atoms with Crippen LogP contribution in [0.1, 0.15) is 79.1 Å². The molecule has 0 aliphatic carbocycles. The van der Waals surface area contributed by atoms with Crippen molar-refractivity contribution in [2.75, 3.05) is 0 Å². The zero-order chi connectivity index (χ0) is 15.3. The van der Waals surface area contributed by atoms with Crippen LogP contribution >= 0.6 is 0 Å². The van der Waals surface area contributed by atoms with Crippen molar-refractivity contribution < 1.29 is 9.90 Å². The topological polar surface area (TPSA) is 37.3 Å². The molecule has 0 saturated carbocycles. The number of aliphatic carboxylic acids is 1. The quantitative estimate of drug-likeness (QED) is 0.345. The third-order valence-corrected chi connectivity index (χ3v) is 6.21. The van der Waals surface area contributed by atoms with Crippen LogP contribution < -0.4 is 0 Å². The first-order valence-corrected chi connectivity index (χ1v) is 8.89. The van der Waals surface area contributed by atoms with Gasteiger partial charge in [-0.25, -0.2) is 4.79 Å². The minimum absolute atomic E-state index is 0.176. The number of carboxylic acids is 1. The van der Waals surface area contributed by atoms with Crippen molar-refractivity contribution in [1.82, 2.24) is 0 Å². The summed E-state index contributed by atoms with van der Waals surface area (Å²) in [6.45, 7) is 11.6. The van der Waals surface area contributed by atoms with E-state index in [-0.39, 0.29) is 5.57 Å². The van der Waals surface area contributed by atoms with Crippen LogP contribution in [-0.2, 0) is 4.79 Å². The summed E-state index contributed by atoms with van der Waals surface area (Å²) in [5.41, 5.74) is 0.176. The molecule has 0 atom stereocenters. The molecule has 0 heterocycles. The fraction of sp³-hybridized carbons (Fsp3) is 0.812. The van der Waals surface area contributed by atoms with Gasteiger partial charge in [-0.05, 0) is 6.92 Å². The number of unbranched alkanes of at least 4 members (excludes halogenated alkanes) is 4. The molecular weight excluding hydrogens is 343 g/mol. The van der Waals surface area contributed by atoms with Crippen molar-refractivity contribution in [3.8, 4) is 0 Å². The van der Waals surface area contributed by atoms with Gasteiger partial charge >= 0.3 is 104 Å². The first-order valence-electron chi connectivity index (χ1n) is 7.46. The Hall–Kier alpha value is 0.00870. The molecule has 111 valence electrons. The monoisotopic (exact) mass is 375 g/mol. The molecule has 2 nitrogen and oxygen atoms in total. The van der Waals surface area contributed by atoms with Crippen LogP contribution in [0.2, 0.25) is 3.43 Å². The predicted molar refractivity (Wildman–Crippen MR) is 84.9 cm³/mol. The normalized spacial score (nSPS) is 10.6. The van der Waals surface area contributed by atoms with Gasteiger partial charge in [-0.15, -0.1) is 0 Å². The van der Waals surface area contributed by atoms with E-state index in [1.54, 1.807) is 22.5 Å². The molecule has 0 aromatic rings. The van der Waals surface area contributed by atoms with Gasteiger partial charge in [0.15, 0.2) is 0 Å². The van der Waals surface area contributed by atoms with Crippen LogP contribution in [0.3, 0.4) is 0 Å². The van der Waals surface area contributed by atoms with Crippen LogP contribution in [0.4, 0.5) is 0 Å². The third kappa shape index (κ3) is 14.2. The van der Waals surface area contributed by atoms with Gasteiger partial charge in [0.25, 0.3) is 0 Å². The van der Waals surface area contributed by atoms with E-state index >= 15 is 0 Å². The Kier molecular flexibility index (Phi) is 14.6. The van der Waals surface area contributed by atoms with E-state index in [1.807, 2.05) is 0 Å². The molecule has 0 rings (SSSR count). The Bertz CT molecular complexity index is 233. The van der Waals surface area contributed by atoms with E-state index in [0.717, 1.165) is 3.43 Å². The zero-order valence-electron chi connectivity index (χ0n) is 13.2. The molecule has 0 unspecified atom stereocenters. The second-order valence-electron chi connectivity index (χ2n) is 5.24. The van der Waals surface area contributed by atoms with E-state index in [0.29, 0.717) is 0 Å². The van der Waals surface area contributed by atoms with Gasteiger partial charge in [0, 0.05) is 5.57 Å². The molecule has 0 amide bonds. The predicted octanol–water partition coefficient (Wildman–Crippen LogP) is 5.14. The van der Waals surface area contributed by atoms with Gasteiger partial charge in [-0.1, -0.05) is 6.58 Å². The Balaban J connectivity index is 0. The summed E-state index contributed by atoms with van der Waals surface area (Å²) >= 11 is 1.76. The van der Waals surface area contributed by atoms with Crippen LogP contribution in [0.25, 0.3) is 0 Å². The van der Waals surface area contributed by atoms with Gasteiger partial charge in [-0.3, -0.25) is 0 Å². The van der Waals surface area contributed by atoms with Crippen molar-refractivity contribution in [2.45, 2.75) is 82.5 Å². The van der Waals surface area contributed by atoms with E-state index in [1.165, 1.54) is 58.3 Å². The van der Waals surface area contributed by atoms with Crippen molar-refractivity contribution in [1.29, 1.82) is 0 Å². The maximum atomic E-state index is 9.60. The molecule has 0 saturated heterocycles. The second kappa shape index (κ2) is 13.0. The van der Waals surface area contributed by atoms with Gasteiger partial charge in [0.2, 0.25) is 0 Å². The Morgan fingerprint density at radius 2 is 1.53 bits per heavy atom. The molecular formula is C16H31O2Sn. The fourth-order valence-corrected chi connectivity index (χ4v) is 2.18. The fourth-order valence-electron chi connectivity index (χ4n) is 1.67. The number of hydrogen-bond acceptors (Lipinski definition) is 1. The van der Waals surface area contributed by atoms with Crippen LogP contribution in [0, 0.1) is 0 Å². The van der Waals surface area contributed by atoms with Crippen molar-refractivity contribution in [3.63, 3.8) is 0 Å². The van der Waals surface area contributed by atoms with Crippen molar-refractivity contribution >= 4 is 28.5 Å². The number of carboxylic acid groups (broad SMARTS) is 1. The summed E-state index contributed by atoms with van der Waals surface area (Å²) in [7, 11) is 0. The first-order chi connectivity index (χ1) is 8.82. The van der Waals surface area contributed by atoms with Gasteiger partial charge in [0.1, 0.15) is 0 Å². The van der Waals surface area contributed by atoms with E-state index in [9.17, 15) is 4.79 Å². The van der Waals surface area contributed by atoms with Gasteiger partial charge < -0.3 is 5.11 Å². The Morgan fingerprint density at radius 3 is 1.84 bits per heavy atom. The molecule has 0 aromatic heterocycles. The number of hydrogen-bond donors (Lipinski definition) is 1. The zero-order valence-corrected chi connectivity index (χ0v) is 16.1. The molecule has 0 bridgehead atoms. The Labute approximate surface area is 133 Å². The van der Waals surface area contributed by atoms with Crippen molar-refractivity contribution in [3.05, 3.63) is 12.2 Å². The third-order valence-electron chi connectivity index (χ3n) is 3.48. The van der Waals surface area contributed by atoms with Gasteiger partial charge in [0.05, 0.1) is 0 Å². The SMILES string of the molecule is C=C(C)C(=O)O.CCCCCCC[C]([Sn])(CC)CC. The molecule has 1 N–H and O–H groups in total. The van der Waals surface area contributed by atoms with Crippen molar-refractivity contribution in [2.24, 2.45) is 0 Å².